The second-order valence-corrected chi connectivity index (χ2v) is 8.40. The van der Waals surface area contributed by atoms with Gasteiger partial charge in [0.25, 0.3) is 11.8 Å². The summed E-state index contributed by atoms with van der Waals surface area (Å²) in [5.41, 5.74) is 5.55. The number of benzene rings is 3. The number of ether oxygens (including phenoxy) is 2. The number of hydrogen-bond donors (Lipinski definition) is 2. The first-order valence-corrected chi connectivity index (χ1v) is 10.7. The highest BCUT2D eigenvalue weighted by molar-refractivity contribution is 9.11. The highest BCUT2D eigenvalue weighted by Crippen LogP contribution is 2.32. The summed E-state index contributed by atoms with van der Waals surface area (Å²) in [5, 5.41) is 2.10. The molecule has 0 aliphatic rings. The standard InChI is InChI=1S/C22H20Br2N2O4/c1-13-9-17(23)11-19(24)21(13)29-12-20(27)25-26-22(28)14(2)30-18-8-7-15-5-3-4-6-16(15)10-18/h3-11,14H,12H2,1-2H3,(H,25,27)(H,26,28). The minimum atomic E-state index is -0.796. The predicted molar refractivity (Wildman–Crippen MR) is 122 cm³/mol. The van der Waals surface area contributed by atoms with Gasteiger partial charge in [-0.25, -0.2) is 0 Å². The van der Waals surface area contributed by atoms with Crippen LogP contribution in [0.1, 0.15) is 12.5 Å². The molecule has 0 heterocycles. The number of amides is 2. The van der Waals surface area contributed by atoms with Gasteiger partial charge in [-0.15, -0.1) is 0 Å². The summed E-state index contributed by atoms with van der Waals surface area (Å²) < 4.78 is 12.9. The van der Waals surface area contributed by atoms with E-state index in [0.717, 1.165) is 25.3 Å². The van der Waals surface area contributed by atoms with Gasteiger partial charge >= 0.3 is 0 Å². The quantitative estimate of drug-likeness (QED) is 0.450. The molecular weight excluding hydrogens is 516 g/mol. The normalized spacial score (nSPS) is 11.6. The van der Waals surface area contributed by atoms with Gasteiger partial charge in [0, 0.05) is 4.47 Å². The molecule has 3 aromatic rings. The van der Waals surface area contributed by atoms with E-state index in [1.807, 2.05) is 55.5 Å². The third-order valence-electron chi connectivity index (χ3n) is 4.27. The second-order valence-electron chi connectivity index (χ2n) is 6.63. The molecule has 0 saturated carbocycles. The molecule has 0 saturated heterocycles. The van der Waals surface area contributed by atoms with Crippen molar-refractivity contribution in [2.24, 2.45) is 0 Å². The van der Waals surface area contributed by atoms with Crippen molar-refractivity contribution >= 4 is 54.4 Å². The van der Waals surface area contributed by atoms with E-state index in [1.165, 1.54) is 0 Å². The van der Waals surface area contributed by atoms with Crippen LogP contribution in [0.2, 0.25) is 0 Å². The topological polar surface area (TPSA) is 76.7 Å². The van der Waals surface area contributed by atoms with E-state index >= 15 is 0 Å². The van der Waals surface area contributed by atoms with Crippen molar-refractivity contribution in [2.45, 2.75) is 20.0 Å². The van der Waals surface area contributed by atoms with E-state index < -0.39 is 17.9 Å². The van der Waals surface area contributed by atoms with Gasteiger partial charge in [-0.1, -0.05) is 46.3 Å². The number of carbonyl (C=O) groups is 2. The molecule has 6 nitrogen and oxygen atoms in total. The van der Waals surface area contributed by atoms with E-state index in [9.17, 15) is 9.59 Å². The van der Waals surface area contributed by atoms with Gasteiger partial charge in [0.1, 0.15) is 11.5 Å². The molecule has 0 aliphatic carbocycles. The number of nitrogens with one attached hydrogen (secondary N) is 2. The summed E-state index contributed by atoms with van der Waals surface area (Å²) in [6.45, 7) is 3.23. The SMILES string of the molecule is Cc1cc(Br)cc(Br)c1OCC(=O)NNC(=O)C(C)Oc1ccc2ccccc2c1. The number of rotatable bonds is 6. The highest BCUT2D eigenvalue weighted by atomic mass is 79.9. The fraction of sp³-hybridized carbons (Fsp3) is 0.182. The zero-order chi connectivity index (χ0) is 21.7. The van der Waals surface area contributed by atoms with Crippen LogP contribution in [0.25, 0.3) is 10.8 Å². The van der Waals surface area contributed by atoms with Crippen molar-refractivity contribution in [3.63, 3.8) is 0 Å². The van der Waals surface area contributed by atoms with Crippen LogP contribution in [-0.4, -0.2) is 24.5 Å². The third kappa shape index (κ3) is 5.73. The van der Waals surface area contributed by atoms with Crippen LogP contribution in [0.3, 0.4) is 0 Å². The molecule has 0 aliphatic heterocycles. The average molecular weight is 536 g/mol. The summed E-state index contributed by atoms with van der Waals surface area (Å²) in [6.07, 6.45) is -0.796. The van der Waals surface area contributed by atoms with Crippen LogP contribution in [0, 0.1) is 6.92 Å². The Labute approximate surface area is 191 Å². The molecule has 156 valence electrons. The number of halogens is 2. The predicted octanol–water partition coefficient (Wildman–Crippen LogP) is 4.67. The molecule has 2 amide bonds. The fourth-order valence-electron chi connectivity index (χ4n) is 2.78. The summed E-state index contributed by atoms with van der Waals surface area (Å²) >= 11 is 6.80. The van der Waals surface area contributed by atoms with Gasteiger partial charge in [0.05, 0.1) is 4.47 Å². The third-order valence-corrected chi connectivity index (χ3v) is 5.32. The highest BCUT2D eigenvalue weighted by Gasteiger charge is 2.16. The Bertz CT molecular complexity index is 1060. The van der Waals surface area contributed by atoms with Crippen LogP contribution in [-0.2, 0) is 9.59 Å². The summed E-state index contributed by atoms with van der Waals surface area (Å²) in [7, 11) is 0. The van der Waals surface area contributed by atoms with Crippen molar-refractivity contribution in [3.8, 4) is 11.5 Å². The van der Waals surface area contributed by atoms with E-state index in [2.05, 4.69) is 42.7 Å². The Morgan fingerprint density at radius 3 is 2.47 bits per heavy atom. The lowest BCUT2D eigenvalue weighted by molar-refractivity contribution is -0.133. The van der Waals surface area contributed by atoms with E-state index in [-0.39, 0.29) is 6.61 Å². The summed E-state index contributed by atoms with van der Waals surface area (Å²) in [4.78, 5) is 24.3. The molecule has 1 unspecified atom stereocenters. The molecular formula is C22H20Br2N2O4. The maximum atomic E-state index is 12.2. The summed E-state index contributed by atoms with van der Waals surface area (Å²) in [5.74, 6) is 0.169. The number of hydrazine groups is 1. The van der Waals surface area contributed by atoms with Gasteiger partial charge in [0.2, 0.25) is 0 Å². The van der Waals surface area contributed by atoms with Crippen LogP contribution < -0.4 is 20.3 Å². The van der Waals surface area contributed by atoms with Crippen LogP contribution in [0.4, 0.5) is 0 Å². The molecule has 3 rings (SSSR count). The monoisotopic (exact) mass is 534 g/mol. The van der Waals surface area contributed by atoms with Gasteiger partial charge in [-0.3, -0.25) is 20.4 Å². The average Bonchev–Trinajstić information content (AvgIpc) is 2.71. The lowest BCUT2D eigenvalue weighted by Crippen LogP contribution is -2.48. The van der Waals surface area contributed by atoms with E-state index in [0.29, 0.717) is 11.5 Å². The first-order chi connectivity index (χ1) is 14.3. The van der Waals surface area contributed by atoms with Gasteiger partial charge in [-0.2, -0.15) is 0 Å². The number of carbonyl (C=O) groups excluding carboxylic acids is 2. The Morgan fingerprint density at radius 1 is 1.00 bits per heavy atom. The largest absolute Gasteiger partial charge is 0.482 e. The van der Waals surface area contributed by atoms with Crippen molar-refractivity contribution in [1.82, 2.24) is 10.9 Å². The molecule has 0 aromatic heterocycles. The Hall–Kier alpha value is -2.58. The van der Waals surface area contributed by atoms with Crippen molar-refractivity contribution in [2.75, 3.05) is 6.61 Å². The molecule has 3 aromatic carbocycles. The number of hydrogen-bond acceptors (Lipinski definition) is 4. The van der Waals surface area contributed by atoms with Crippen LogP contribution in [0.5, 0.6) is 11.5 Å². The molecule has 0 bridgehead atoms. The first-order valence-electron chi connectivity index (χ1n) is 9.16. The smallest absolute Gasteiger partial charge is 0.279 e. The van der Waals surface area contributed by atoms with Gasteiger partial charge in [-0.05, 0) is 70.4 Å². The lowest BCUT2D eigenvalue weighted by atomic mass is 10.1. The van der Waals surface area contributed by atoms with E-state index in [4.69, 9.17) is 9.47 Å². The minimum Gasteiger partial charge on any atom is -0.482 e. The molecule has 0 fully saturated rings. The van der Waals surface area contributed by atoms with Crippen molar-refractivity contribution in [3.05, 3.63) is 69.1 Å². The summed E-state index contributed by atoms with van der Waals surface area (Å²) in [6, 6.07) is 17.2. The maximum absolute atomic E-state index is 12.2. The molecule has 2 N–H and O–H groups in total. The first kappa shape index (κ1) is 22.1. The Kier molecular flexibility index (Phi) is 7.33. The lowest BCUT2D eigenvalue weighted by Gasteiger charge is -2.16. The zero-order valence-corrected chi connectivity index (χ0v) is 19.5. The van der Waals surface area contributed by atoms with Crippen molar-refractivity contribution in [1.29, 1.82) is 0 Å². The molecule has 0 spiro atoms. The van der Waals surface area contributed by atoms with Crippen molar-refractivity contribution < 1.29 is 19.1 Å². The van der Waals surface area contributed by atoms with Gasteiger partial charge in [0.15, 0.2) is 12.7 Å². The van der Waals surface area contributed by atoms with Crippen LogP contribution in [0.15, 0.2) is 63.5 Å². The molecule has 8 heteroatoms. The second kappa shape index (κ2) is 9.95. The Balaban J connectivity index is 1.48. The Morgan fingerprint density at radius 2 is 1.73 bits per heavy atom. The van der Waals surface area contributed by atoms with Crippen LogP contribution >= 0.6 is 31.9 Å². The number of fused-ring (bicyclic) bond motifs is 1. The molecule has 30 heavy (non-hydrogen) atoms. The number of aryl methyl sites for hydroxylation is 1. The van der Waals surface area contributed by atoms with E-state index in [1.54, 1.807) is 13.0 Å². The van der Waals surface area contributed by atoms with Gasteiger partial charge < -0.3 is 9.47 Å². The maximum Gasteiger partial charge on any atom is 0.279 e. The minimum absolute atomic E-state index is 0.249. The zero-order valence-electron chi connectivity index (χ0n) is 16.4. The fourth-order valence-corrected chi connectivity index (χ4v) is 4.33. The molecule has 1 atom stereocenters. The molecule has 0 radical (unpaired) electrons.